The van der Waals surface area contributed by atoms with Crippen molar-refractivity contribution in [2.45, 2.75) is 6.42 Å². The van der Waals surface area contributed by atoms with Crippen molar-refractivity contribution in [2.75, 3.05) is 13.2 Å². The lowest BCUT2D eigenvalue weighted by Gasteiger charge is -2.11. The molecule has 0 saturated heterocycles. The van der Waals surface area contributed by atoms with Crippen molar-refractivity contribution in [1.29, 1.82) is 0 Å². The summed E-state index contributed by atoms with van der Waals surface area (Å²) in [5.74, 6) is -2.10. The molecule has 18 heavy (non-hydrogen) atoms. The van der Waals surface area contributed by atoms with Crippen LogP contribution in [0.3, 0.4) is 0 Å². The van der Waals surface area contributed by atoms with Crippen LogP contribution in [-0.2, 0) is 0 Å². The zero-order valence-electron chi connectivity index (χ0n) is 9.42. The van der Waals surface area contributed by atoms with Gasteiger partial charge in [0.2, 0.25) is 0 Å². The Morgan fingerprint density at radius 1 is 1.17 bits per heavy atom. The molecule has 2 N–H and O–H groups in total. The van der Waals surface area contributed by atoms with Gasteiger partial charge in [0.25, 0.3) is 11.8 Å². The molecule has 6 heteroatoms. The maximum absolute atomic E-state index is 11.9. The highest BCUT2D eigenvalue weighted by atomic mass is 16.4. The number of benzene rings is 1. The normalized spacial score (nSPS) is 13.9. The van der Waals surface area contributed by atoms with Gasteiger partial charge in [-0.05, 0) is 24.6 Å². The molecule has 1 aliphatic heterocycles. The molecule has 1 aliphatic rings. The van der Waals surface area contributed by atoms with Crippen LogP contribution in [0, 0.1) is 0 Å². The summed E-state index contributed by atoms with van der Waals surface area (Å²) in [6, 6.07) is 3.84. The van der Waals surface area contributed by atoms with E-state index in [4.69, 9.17) is 10.2 Å². The Hall–Kier alpha value is -2.21. The first kappa shape index (κ1) is 12.3. The SMILES string of the molecule is O=C(O)c1ccc2c(c1)C(=O)N(CCCO)C2=O. The Kier molecular flexibility index (Phi) is 3.12. The predicted octanol–water partition coefficient (Wildman–Crippen LogP) is 0.363. The number of fused-ring (bicyclic) bond motifs is 1. The summed E-state index contributed by atoms with van der Waals surface area (Å²) < 4.78 is 0. The number of aromatic carboxylic acids is 1. The number of aliphatic hydroxyl groups excluding tert-OH is 1. The second-order valence-electron chi connectivity index (χ2n) is 3.90. The van der Waals surface area contributed by atoms with Crippen LogP contribution in [0.1, 0.15) is 37.5 Å². The Balaban J connectivity index is 2.36. The van der Waals surface area contributed by atoms with E-state index in [1.807, 2.05) is 0 Å². The summed E-state index contributed by atoms with van der Waals surface area (Å²) in [4.78, 5) is 35.6. The highest BCUT2D eigenvalue weighted by Gasteiger charge is 2.35. The summed E-state index contributed by atoms with van der Waals surface area (Å²) in [5.41, 5.74) is 0.291. The third kappa shape index (κ3) is 1.86. The molecule has 1 heterocycles. The van der Waals surface area contributed by atoms with E-state index in [0.717, 1.165) is 4.90 Å². The van der Waals surface area contributed by atoms with Crippen LogP contribution in [0.2, 0.25) is 0 Å². The lowest BCUT2D eigenvalue weighted by molar-refractivity contribution is 0.0643. The van der Waals surface area contributed by atoms with Crippen molar-refractivity contribution >= 4 is 17.8 Å². The Labute approximate surface area is 102 Å². The quantitative estimate of drug-likeness (QED) is 0.751. The molecule has 0 spiro atoms. The number of amides is 2. The molecular formula is C12H11NO5. The van der Waals surface area contributed by atoms with Crippen molar-refractivity contribution in [3.8, 4) is 0 Å². The highest BCUT2D eigenvalue weighted by Crippen LogP contribution is 2.24. The van der Waals surface area contributed by atoms with Crippen molar-refractivity contribution in [1.82, 2.24) is 4.90 Å². The minimum atomic E-state index is -1.15. The first-order chi connectivity index (χ1) is 8.56. The first-order valence-electron chi connectivity index (χ1n) is 5.40. The Bertz CT molecular complexity index is 537. The maximum atomic E-state index is 11.9. The fraction of sp³-hybridized carbons (Fsp3) is 0.250. The van der Waals surface area contributed by atoms with Crippen LogP contribution >= 0.6 is 0 Å². The second-order valence-corrected chi connectivity index (χ2v) is 3.90. The monoisotopic (exact) mass is 249 g/mol. The van der Waals surface area contributed by atoms with Crippen LogP contribution in [0.4, 0.5) is 0 Å². The number of carbonyl (C=O) groups excluding carboxylic acids is 2. The van der Waals surface area contributed by atoms with E-state index < -0.39 is 17.8 Å². The van der Waals surface area contributed by atoms with Crippen molar-refractivity contribution < 1.29 is 24.6 Å². The summed E-state index contributed by atoms with van der Waals surface area (Å²) in [5, 5.41) is 17.5. The molecule has 0 aromatic heterocycles. The third-order valence-electron chi connectivity index (χ3n) is 2.76. The number of carbonyl (C=O) groups is 3. The fourth-order valence-corrected chi connectivity index (χ4v) is 1.86. The minimum absolute atomic E-state index is 0.0288. The molecule has 0 saturated carbocycles. The fourth-order valence-electron chi connectivity index (χ4n) is 1.86. The van der Waals surface area contributed by atoms with Gasteiger partial charge in [-0.15, -0.1) is 0 Å². The third-order valence-corrected chi connectivity index (χ3v) is 2.76. The Morgan fingerprint density at radius 2 is 1.83 bits per heavy atom. The van der Waals surface area contributed by atoms with E-state index >= 15 is 0 Å². The van der Waals surface area contributed by atoms with Crippen LogP contribution < -0.4 is 0 Å². The van der Waals surface area contributed by atoms with Gasteiger partial charge in [-0.25, -0.2) is 4.79 Å². The van der Waals surface area contributed by atoms with Gasteiger partial charge in [0.05, 0.1) is 16.7 Å². The average molecular weight is 249 g/mol. The second kappa shape index (κ2) is 4.58. The van der Waals surface area contributed by atoms with Crippen LogP contribution in [-0.4, -0.2) is 46.0 Å². The standard InChI is InChI=1S/C12H11NO5/c14-5-1-4-13-10(15)8-3-2-7(12(17)18)6-9(8)11(13)16/h2-3,6,14H,1,4-5H2,(H,17,18). The molecule has 0 bridgehead atoms. The number of rotatable bonds is 4. The topological polar surface area (TPSA) is 94.9 Å². The number of carboxylic acid groups (broad SMARTS) is 1. The van der Waals surface area contributed by atoms with Gasteiger partial charge in [0.1, 0.15) is 0 Å². The summed E-state index contributed by atoms with van der Waals surface area (Å²) in [6.45, 7) is 0.0129. The van der Waals surface area contributed by atoms with Crippen molar-refractivity contribution in [3.05, 3.63) is 34.9 Å². The molecule has 94 valence electrons. The van der Waals surface area contributed by atoms with Gasteiger partial charge in [0, 0.05) is 13.2 Å². The van der Waals surface area contributed by atoms with Crippen LogP contribution in [0.25, 0.3) is 0 Å². The summed E-state index contributed by atoms with van der Waals surface area (Å²) in [7, 11) is 0. The first-order valence-corrected chi connectivity index (χ1v) is 5.40. The van der Waals surface area contributed by atoms with Gasteiger partial charge < -0.3 is 10.2 Å². The molecule has 0 aliphatic carbocycles. The number of imide groups is 1. The summed E-state index contributed by atoms with van der Waals surface area (Å²) in [6.07, 6.45) is 0.303. The number of nitrogens with zero attached hydrogens (tertiary/aromatic N) is 1. The van der Waals surface area contributed by atoms with E-state index in [1.54, 1.807) is 0 Å². The smallest absolute Gasteiger partial charge is 0.335 e. The van der Waals surface area contributed by atoms with E-state index in [-0.39, 0.29) is 29.8 Å². The molecular weight excluding hydrogens is 238 g/mol. The van der Waals surface area contributed by atoms with Crippen LogP contribution in [0.5, 0.6) is 0 Å². The number of aliphatic hydroxyl groups is 1. The molecule has 0 fully saturated rings. The van der Waals surface area contributed by atoms with E-state index in [2.05, 4.69) is 0 Å². The molecule has 0 unspecified atom stereocenters. The zero-order valence-corrected chi connectivity index (χ0v) is 9.42. The van der Waals surface area contributed by atoms with Gasteiger partial charge in [0.15, 0.2) is 0 Å². The van der Waals surface area contributed by atoms with E-state index in [0.29, 0.717) is 6.42 Å². The lowest BCUT2D eigenvalue weighted by atomic mass is 10.1. The van der Waals surface area contributed by atoms with E-state index in [1.165, 1.54) is 18.2 Å². The lowest BCUT2D eigenvalue weighted by Crippen LogP contribution is -2.31. The highest BCUT2D eigenvalue weighted by molar-refractivity contribution is 6.21. The maximum Gasteiger partial charge on any atom is 0.335 e. The molecule has 0 atom stereocenters. The van der Waals surface area contributed by atoms with Crippen LogP contribution in [0.15, 0.2) is 18.2 Å². The number of carboxylic acids is 1. The zero-order chi connectivity index (χ0) is 13.3. The number of hydrogen-bond acceptors (Lipinski definition) is 4. The molecule has 0 radical (unpaired) electrons. The van der Waals surface area contributed by atoms with Gasteiger partial charge >= 0.3 is 5.97 Å². The Morgan fingerprint density at radius 3 is 2.44 bits per heavy atom. The van der Waals surface area contributed by atoms with E-state index in [9.17, 15) is 14.4 Å². The molecule has 2 rings (SSSR count). The van der Waals surface area contributed by atoms with Gasteiger partial charge in [-0.3, -0.25) is 14.5 Å². The molecule has 6 nitrogen and oxygen atoms in total. The summed E-state index contributed by atoms with van der Waals surface area (Å²) >= 11 is 0. The molecule has 1 aromatic carbocycles. The number of hydrogen-bond donors (Lipinski definition) is 2. The van der Waals surface area contributed by atoms with Gasteiger partial charge in [-0.1, -0.05) is 0 Å². The van der Waals surface area contributed by atoms with Crippen molar-refractivity contribution in [3.63, 3.8) is 0 Å². The minimum Gasteiger partial charge on any atom is -0.478 e. The predicted molar refractivity (Wildman–Crippen MR) is 60.5 cm³/mol. The molecule has 2 amide bonds. The van der Waals surface area contributed by atoms with Gasteiger partial charge in [-0.2, -0.15) is 0 Å². The molecule has 1 aromatic rings. The van der Waals surface area contributed by atoms with Crippen molar-refractivity contribution in [2.24, 2.45) is 0 Å². The average Bonchev–Trinajstić information content (AvgIpc) is 2.59. The largest absolute Gasteiger partial charge is 0.478 e.